The molecule has 0 N–H and O–H groups in total. The summed E-state index contributed by atoms with van der Waals surface area (Å²) in [5.74, 6) is 0.944. The van der Waals surface area contributed by atoms with Crippen molar-refractivity contribution in [3.63, 3.8) is 0 Å². The molecule has 3 aromatic rings. The van der Waals surface area contributed by atoms with Gasteiger partial charge in [-0.3, -0.25) is 0 Å². The zero-order valence-corrected chi connectivity index (χ0v) is 17.3. The van der Waals surface area contributed by atoms with Crippen LogP contribution in [0.5, 0.6) is 0 Å². The molecule has 0 atom stereocenters. The van der Waals surface area contributed by atoms with Gasteiger partial charge in [-0.25, -0.2) is 4.99 Å². The van der Waals surface area contributed by atoms with E-state index in [1.807, 2.05) is 0 Å². The highest BCUT2D eigenvalue weighted by Crippen LogP contribution is 2.27. The summed E-state index contributed by atoms with van der Waals surface area (Å²) in [6, 6.07) is 27.3. The lowest BCUT2D eigenvalue weighted by atomic mass is 10.1. The average Bonchev–Trinajstić information content (AvgIpc) is 2.73. The van der Waals surface area contributed by atoms with Gasteiger partial charge in [-0.15, -0.1) is 0 Å². The Kier molecular flexibility index (Phi) is 6.49. The third-order valence-corrected chi connectivity index (χ3v) is 4.90. The Labute approximate surface area is 169 Å². The number of nitrogens with zero attached hydrogens (tertiary/aromatic N) is 3. The van der Waals surface area contributed by atoms with Gasteiger partial charge in [-0.05, 0) is 63.1 Å². The molecule has 0 heterocycles. The summed E-state index contributed by atoms with van der Waals surface area (Å²) in [5, 5.41) is 0. The van der Waals surface area contributed by atoms with Gasteiger partial charge in [0.15, 0.2) is 0 Å². The van der Waals surface area contributed by atoms with Gasteiger partial charge in [-0.1, -0.05) is 54.6 Å². The molecular formula is C25H29N3. The van der Waals surface area contributed by atoms with Crippen molar-refractivity contribution in [3.05, 3.63) is 90.0 Å². The van der Waals surface area contributed by atoms with Crippen molar-refractivity contribution in [1.82, 2.24) is 0 Å². The molecule has 0 aliphatic carbocycles. The standard InChI is InChI=1S/C25H29N3/c1-5-27(22-16-9-7-10-17-22)25(26-24-20(3)14-13-15-21(24)4)28(6-2)23-18-11-8-12-19-23/h7-19H,5-6H2,1-4H3. The Balaban J connectivity index is 2.19. The van der Waals surface area contributed by atoms with Crippen molar-refractivity contribution in [3.8, 4) is 0 Å². The van der Waals surface area contributed by atoms with E-state index in [9.17, 15) is 0 Å². The first-order chi connectivity index (χ1) is 13.7. The number of anilines is 2. The lowest BCUT2D eigenvalue weighted by Crippen LogP contribution is -2.45. The molecule has 0 aliphatic rings. The maximum atomic E-state index is 5.22. The van der Waals surface area contributed by atoms with Crippen molar-refractivity contribution in [1.29, 1.82) is 0 Å². The monoisotopic (exact) mass is 371 g/mol. The number of aryl methyl sites for hydroxylation is 2. The van der Waals surface area contributed by atoms with E-state index in [4.69, 9.17) is 4.99 Å². The van der Waals surface area contributed by atoms with Gasteiger partial charge in [0, 0.05) is 24.5 Å². The van der Waals surface area contributed by atoms with Crippen LogP contribution in [0.4, 0.5) is 17.1 Å². The highest BCUT2D eigenvalue weighted by Gasteiger charge is 2.20. The van der Waals surface area contributed by atoms with E-state index < -0.39 is 0 Å². The zero-order chi connectivity index (χ0) is 19.9. The molecule has 3 nitrogen and oxygen atoms in total. The van der Waals surface area contributed by atoms with Crippen LogP contribution < -0.4 is 9.80 Å². The fraction of sp³-hybridized carbons (Fsp3) is 0.240. The molecule has 3 aromatic carbocycles. The topological polar surface area (TPSA) is 18.8 Å². The van der Waals surface area contributed by atoms with Gasteiger partial charge in [-0.2, -0.15) is 0 Å². The molecule has 3 heteroatoms. The molecule has 0 spiro atoms. The number of para-hydroxylation sites is 3. The zero-order valence-electron chi connectivity index (χ0n) is 17.3. The number of hydrogen-bond acceptors (Lipinski definition) is 1. The molecule has 0 bridgehead atoms. The Morgan fingerprint density at radius 2 is 1.07 bits per heavy atom. The summed E-state index contributed by atoms with van der Waals surface area (Å²) in [6.45, 7) is 10.3. The molecule has 0 saturated carbocycles. The van der Waals surface area contributed by atoms with Crippen LogP contribution in [0.1, 0.15) is 25.0 Å². The summed E-state index contributed by atoms with van der Waals surface area (Å²) in [4.78, 5) is 9.78. The number of aliphatic imine (C=N–C) groups is 1. The summed E-state index contributed by atoms with van der Waals surface area (Å²) >= 11 is 0. The van der Waals surface area contributed by atoms with Crippen LogP contribution in [0.2, 0.25) is 0 Å². The van der Waals surface area contributed by atoms with E-state index in [2.05, 4.69) is 116 Å². The van der Waals surface area contributed by atoms with Crippen LogP contribution in [0.15, 0.2) is 83.9 Å². The van der Waals surface area contributed by atoms with Crippen molar-refractivity contribution < 1.29 is 0 Å². The Hall–Kier alpha value is -3.07. The smallest absolute Gasteiger partial charge is 0.210 e. The molecule has 0 aliphatic heterocycles. The van der Waals surface area contributed by atoms with Gasteiger partial charge >= 0.3 is 0 Å². The van der Waals surface area contributed by atoms with Gasteiger partial charge in [0.1, 0.15) is 0 Å². The summed E-state index contributed by atoms with van der Waals surface area (Å²) < 4.78 is 0. The fourth-order valence-electron chi connectivity index (χ4n) is 3.44. The number of rotatable bonds is 5. The third kappa shape index (κ3) is 4.25. The lowest BCUT2D eigenvalue weighted by molar-refractivity contribution is 0.967. The Morgan fingerprint density at radius 3 is 1.46 bits per heavy atom. The molecule has 0 unspecified atom stereocenters. The van der Waals surface area contributed by atoms with E-state index in [0.29, 0.717) is 0 Å². The van der Waals surface area contributed by atoms with Gasteiger partial charge in [0.25, 0.3) is 0 Å². The average molecular weight is 372 g/mol. The van der Waals surface area contributed by atoms with Gasteiger partial charge in [0.05, 0.1) is 5.69 Å². The molecule has 0 saturated heterocycles. The second-order valence-electron chi connectivity index (χ2n) is 6.81. The minimum Gasteiger partial charge on any atom is -0.312 e. The second kappa shape index (κ2) is 9.23. The van der Waals surface area contributed by atoms with Gasteiger partial charge in [0.2, 0.25) is 5.96 Å². The van der Waals surface area contributed by atoms with E-state index in [-0.39, 0.29) is 0 Å². The van der Waals surface area contributed by atoms with Crippen LogP contribution in [0, 0.1) is 13.8 Å². The molecular weight excluding hydrogens is 342 g/mol. The first-order valence-electron chi connectivity index (χ1n) is 9.95. The molecule has 0 aromatic heterocycles. The maximum Gasteiger partial charge on any atom is 0.210 e. The van der Waals surface area contributed by atoms with Crippen LogP contribution in [-0.4, -0.2) is 19.0 Å². The van der Waals surface area contributed by atoms with Crippen LogP contribution in [0.25, 0.3) is 0 Å². The van der Waals surface area contributed by atoms with Crippen molar-refractivity contribution >= 4 is 23.0 Å². The second-order valence-corrected chi connectivity index (χ2v) is 6.81. The van der Waals surface area contributed by atoms with E-state index in [1.165, 1.54) is 11.1 Å². The summed E-state index contributed by atoms with van der Waals surface area (Å²) in [7, 11) is 0. The highest BCUT2D eigenvalue weighted by atomic mass is 15.4. The summed E-state index contributed by atoms with van der Waals surface area (Å²) in [6.07, 6.45) is 0. The van der Waals surface area contributed by atoms with Crippen molar-refractivity contribution in [2.24, 2.45) is 4.99 Å². The number of benzene rings is 3. The molecule has 0 amide bonds. The molecule has 0 radical (unpaired) electrons. The SMILES string of the molecule is CCN(C(=Nc1c(C)cccc1C)N(CC)c1ccccc1)c1ccccc1. The lowest BCUT2D eigenvalue weighted by Gasteiger charge is -2.33. The Bertz CT molecular complexity index is 847. The summed E-state index contributed by atoms with van der Waals surface area (Å²) in [5.41, 5.74) is 5.70. The largest absolute Gasteiger partial charge is 0.312 e. The van der Waals surface area contributed by atoms with Crippen molar-refractivity contribution in [2.45, 2.75) is 27.7 Å². The van der Waals surface area contributed by atoms with Gasteiger partial charge < -0.3 is 9.80 Å². The predicted molar refractivity (Wildman–Crippen MR) is 122 cm³/mol. The number of hydrogen-bond donors (Lipinski definition) is 0. The molecule has 144 valence electrons. The minimum atomic E-state index is 0.830. The Morgan fingerprint density at radius 1 is 0.643 bits per heavy atom. The maximum absolute atomic E-state index is 5.22. The molecule has 0 fully saturated rings. The minimum absolute atomic E-state index is 0.830. The van der Waals surface area contributed by atoms with Crippen LogP contribution in [-0.2, 0) is 0 Å². The van der Waals surface area contributed by atoms with Crippen LogP contribution >= 0.6 is 0 Å². The van der Waals surface area contributed by atoms with E-state index >= 15 is 0 Å². The normalized spacial score (nSPS) is 10.4. The molecule has 3 rings (SSSR count). The van der Waals surface area contributed by atoms with E-state index in [0.717, 1.165) is 36.1 Å². The highest BCUT2D eigenvalue weighted by molar-refractivity contribution is 6.08. The quantitative estimate of drug-likeness (QED) is 0.385. The number of guanidine groups is 1. The first kappa shape index (κ1) is 19.7. The fourth-order valence-corrected chi connectivity index (χ4v) is 3.44. The predicted octanol–water partition coefficient (Wildman–Crippen LogP) is 6.34. The third-order valence-electron chi connectivity index (χ3n) is 4.90. The molecule has 28 heavy (non-hydrogen) atoms. The van der Waals surface area contributed by atoms with E-state index in [1.54, 1.807) is 0 Å². The van der Waals surface area contributed by atoms with Crippen molar-refractivity contribution in [2.75, 3.05) is 22.9 Å². The first-order valence-corrected chi connectivity index (χ1v) is 9.95. The van der Waals surface area contributed by atoms with Crippen LogP contribution in [0.3, 0.4) is 0 Å².